The van der Waals surface area contributed by atoms with Crippen molar-refractivity contribution in [3.05, 3.63) is 33.4 Å². The largest absolute Gasteiger partial charge is 0.283 e. The maximum atomic E-state index is 12.9. The lowest BCUT2D eigenvalue weighted by molar-refractivity contribution is 0.670. The summed E-state index contributed by atoms with van der Waals surface area (Å²) < 4.78 is 1.69. The first-order valence-corrected chi connectivity index (χ1v) is 9.14. The maximum Gasteiger partial charge on any atom is 0.263 e. The van der Waals surface area contributed by atoms with Crippen LogP contribution in [0, 0.1) is 17.2 Å². The molecule has 22 heavy (non-hydrogen) atoms. The zero-order chi connectivity index (χ0) is 15.7. The first-order chi connectivity index (χ1) is 10.7. The first-order valence-electron chi connectivity index (χ1n) is 7.34. The first kappa shape index (κ1) is 15.3. The Hall–Kier alpha value is -1.58. The van der Waals surface area contributed by atoms with E-state index in [0.29, 0.717) is 17.5 Å². The van der Waals surface area contributed by atoms with Crippen LogP contribution in [0.15, 0.2) is 22.6 Å². The summed E-state index contributed by atoms with van der Waals surface area (Å²) in [6, 6.07) is 2.22. The SMILES string of the molecule is C=CCn1c(SC[C@@H](C)C#N)nc2sc3c(c2c1=O)CCC3. The van der Waals surface area contributed by atoms with Crippen LogP contribution in [-0.4, -0.2) is 15.3 Å². The molecular weight excluding hydrogens is 314 g/mol. The molecule has 0 saturated heterocycles. The average Bonchev–Trinajstić information content (AvgIpc) is 3.08. The van der Waals surface area contributed by atoms with E-state index in [1.54, 1.807) is 22.0 Å². The molecule has 0 amide bonds. The van der Waals surface area contributed by atoms with Gasteiger partial charge in [0.1, 0.15) is 4.83 Å². The van der Waals surface area contributed by atoms with Crippen LogP contribution in [0.2, 0.25) is 0 Å². The molecule has 3 rings (SSSR count). The fourth-order valence-electron chi connectivity index (χ4n) is 2.70. The predicted octanol–water partition coefficient (Wildman–Crippen LogP) is 3.38. The summed E-state index contributed by atoms with van der Waals surface area (Å²) in [5, 5.41) is 10.4. The topological polar surface area (TPSA) is 58.7 Å². The smallest absolute Gasteiger partial charge is 0.263 e. The van der Waals surface area contributed by atoms with Crippen LogP contribution in [0.5, 0.6) is 0 Å². The van der Waals surface area contributed by atoms with Gasteiger partial charge >= 0.3 is 0 Å². The summed E-state index contributed by atoms with van der Waals surface area (Å²) >= 11 is 3.13. The average molecular weight is 331 g/mol. The van der Waals surface area contributed by atoms with Crippen molar-refractivity contribution in [1.29, 1.82) is 5.26 Å². The Balaban J connectivity index is 2.11. The zero-order valence-corrected chi connectivity index (χ0v) is 14.1. The van der Waals surface area contributed by atoms with Gasteiger partial charge in [-0.3, -0.25) is 9.36 Å². The summed E-state index contributed by atoms with van der Waals surface area (Å²) in [5.74, 6) is 0.569. The van der Waals surface area contributed by atoms with Crippen molar-refractivity contribution >= 4 is 33.3 Å². The molecule has 0 N–H and O–H groups in total. The molecule has 6 heteroatoms. The number of aromatic nitrogens is 2. The van der Waals surface area contributed by atoms with Crippen LogP contribution in [0.3, 0.4) is 0 Å². The monoisotopic (exact) mass is 331 g/mol. The van der Waals surface area contributed by atoms with Gasteiger partial charge in [-0.2, -0.15) is 5.26 Å². The Labute approximate surface area is 137 Å². The van der Waals surface area contributed by atoms with E-state index in [0.717, 1.165) is 29.5 Å². The van der Waals surface area contributed by atoms with Crippen molar-refractivity contribution in [2.75, 3.05) is 5.75 Å². The van der Waals surface area contributed by atoms with Crippen molar-refractivity contribution in [2.45, 2.75) is 37.9 Å². The van der Waals surface area contributed by atoms with Crippen LogP contribution in [-0.2, 0) is 19.4 Å². The highest BCUT2D eigenvalue weighted by molar-refractivity contribution is 7.99. The van der Waals surface area contributed by atoms with Gasteiger partial charge in [-0.25, -0.2) is 4.98 Å². The highest BCUT2D eigenvalue weighted by atomic mass is 32.2. The number of aryl methyl sites for hydroxylation is 2. The van der Waals surface area contributed by atoms with Gasteiger partial charge in [-0.15, -0.1) is 17.9 Å². The molecule has 1 aliphatic rings. The highest BCUT2D eigenvalue weighted by Gasteiger charge is 2.23. The number of rotatable bonds is 5. The molecule has 0 fully saturated rings. The van der Waals surface area contributed by atoms with Crippen molar-refractivity contribution in [3.63, 3.8) is 0 Å². The number of nitriles is 1. The molecule has 1 atom stereocenters. The van der Waals surface area contributed by atoms with E-state index in [1.807, 2.05) is 6.92 Å². The van der Waals surface area contributed by atoms with Gasteiger partial charge in [0.2, 0.25) is 0 Å². The van der Waals surface area contributed by atoms with Crippen molar-refractivity contribution in [1.82, 2.24) is 9.55 Å². The lowest BCUT2D eigenvalue weighted by Gasteiger charge is -2.10. The number of fused-ring (bicyclic) bond motifs is 3. The minimum atomic E-state index is -0.0666. The molecule has 114 valence electrons. The number of allylic oxidation sites excluding steroid dienone is 1. The molecule has 0 aliphatic heterocycles. The Morgan fingerprint density at radius 1 is 1.59 bits per heavy atom. The lowest BCUT2D eigenvalue weighted by atomic mass is 10.2. The second-order valence-electron chi connectivity index (χ2n) is 5.48. The molecule has 0 aromatic carbocycles. The van der Waals surface area contributed by atoms with Gasteiger partial charge in [0.25, 0.3) is 5.56 Å². The third-order valence-electron chi connectivity index (χ3n) is 3.78. The van der Waals surface area contributed by atoms with Crippen molar-refractivity contribution in [3.8, 4) is 6.07 Å². The molecule has 0 unspecified atom stereocenters. The summed E-state index contributed by atoms with van der Waals surface area (Å²) in [6.45, 7) is 6.07. The Bertz CT molecular complexity index is 828. The Morgan fingerprint density at radius 3 is 3.14 bits per heavy atom. The van der Waals surface area contributed by atoms with E-state index in [-0.39, 0.29) is 11.5 Å². The number of hydrogen-bond donors (Lipinski definition) is 0. The van der Waals surface area contributed by atoms with Gasteiger partial charge in [-0.1, -0.05) is 17.8 Å². The van der Waals surface area contributed by atoms with Gasteiger partial charge in [-0.05, 0) is 31.7 Å². The Morgan fingerprint density at radius 2 is 2.41 bits per heavy atom. The summed E-state index contributed by atoms with van der Waals surface area (Å²) in [5.41, 5.74) is 1.24. The second-order valence-corrected chi connectivity index (χ2v) is 7.55. The van der Waals surface area contributed by atoms with Crippen LogP contribution in [0.4, 0.5) is 0 Å². The fourth-order valence-corrected chi connectivity index (χ4v) is 4.95. The van der Waals surface area contributed by atoms with Gasteiger partial charge < -0.3 is 0 Å². The van der Waals surface area contributed by atoms with Gasteiger partial charge in [0.05, 0.1) is 17.4 Å². The zero-order valence-electron chi connectivity index (χ0n) is 12.5. The fraction of sp³-hybridized carbons (Fsp3) is 0.438. The van der Waals surface area contributed by atoms with Crippen LogP contribution < -0.4 is 5.56 Å². The molecule has 0 bridgehead atoms. The molecule has 0 saturated carbocycles. The summed E-state index contributed by atoms with van der Waals surface area (Å²) in [7, 11) is 0. The molecular formula is C16H17N3OS2. The second kappa shape index (κ2) is 6.27. The van der Waals surface area contributed by atoms with Crippen molar-refractivity contribution < 1.29 is 0 Å². The third kappa shape index (κ3) is 2.59. The van der Waals surface area contributed by atoms with E-state index in [2.05, 4.69) is 12.6 Å². The minimum absolute atomic E-state index is 0.0383. The van der Waals surface area contributed by atoms with E-state index < -0.39 is 0 Å². The minimum Gasteiger partial charge on any atom is -0.283 e. The molecule has 2 aromatic heterocycles. The van der Waals surface area contributed by atoms with E-state index in [4.69, 9.17) is 10.2 Å². The molecule has 0 radical (unpaired) electrons. The standard InChI is InChI=1S/C16H17N3OS2/c1-3-7-19-15(20)13-11-5-4-6-12(11)22-14(13)18-16(19)21-9-10(2)8-17/h3,10H,1,4-7,9H2,2H3/t10-/m0/s1. The van der Waals surface area contributed by atoms with E-state index in [9.17, 15) is 4.79 Å². The Kier molecular flexibility index (Phi) is 4.37. The quantitative estimate of drug-likeness (QED) is 0.479. The van der Waals surface area contributed by atoms with Crippen LogP contribution in [0.1, 0.15) is 23.8 Å². The number of hydrogen-bond acceptors (Lipinski definition) is 5. The predicted molar refractivity (Wildman–Crippen MR) is 91.6 cm³/mol. The molecule has 4 nitrogen and oxygen atoms in total. The molecule has 2 aromatic rings. The molecule has 0 spiro atoms. The molecule has 2 heterocycles. The van der Waals surface area contributed by atoms with Gasteiger partial charge in [0.15, 0.2) is 5.16 Å². The number of thioether (sulfide) groups is 1. The maximum absolute atomic E-state index is 12.9. The van der Waals surface area contributed by atoms with E-state index >= 15 is 0 Å². The highest BCUT2D eigenvalue weighted by Crippen LogP contribution is 2.35. The lowest BCUT2D eigenvalue weighted by Crippen LogP contribution is -2.23. The van der Waals surface area contributed by atoms with Gasteiger partial charge in [0, 0.05) is 17.2 Å². The van der Waals surface area contributed by atoms with Crippen LogP contribution in [0.25, 0.3) is 10.2 Å². The number of nitrogens with zero attached hydrogens (tertiary/aromatic N) is 3. The van der Waals surface area contributed by atoms with Crippen LogP contribution >= 0.6 is 23.1 Å². The normalized spacial score (nSPS) is 14.7. The molecule has 1 aliphatic carbocycles. The number of thiophene rings is 1. The summed E-state index contributed by atoms with van der Waals surface area (Å²) in [4.78, 5) is 19.8. The van der Waals surface area contributed by atoms with Crippen molar-refractivity contribution in [2.24, 2.45) is 5.92 Å². The van der Waals surface area contributed by atoms with E-state index in [1.165, 1.54) is 22.2 Å². The summed E-state index contributed by atoms with van der Waals surface area (Å²) in [6.07, 6.45) is 4.90. The third-order valence-corrected chi connectivity index (χ3v) is 6.21.